The highest BCUT2D eigenvalue weighted by Crippen LogP contribution is 2.21. The van der Waals surface area contributed by atoms with E-state index >= 15 is 0 Å². The number of anilines is 1. The van der Waals surface area contributed by atoms with E-state index in [1.807, 2.05) is 25.1 Å². The van der Waals surface area contributed by atoms with Crippen molar-refractivity contribution in [1.82, 2.24) is 5.32 Å². The summed E-state index contributed by atoms with van der Waals surface area (Å²) in [4.78, 5) is 11.9. The van der Waals surface area contributed by atoms with Gasteiger partial charge >= 0.3 is 0 Å². The van der Waals surface area contributed by atoms with Crippen molar-refractivity contribution in [1.29, 1.82) is 0 Å². The molecule has 1 heterocycles. The molecular weight excluding hydrogens is 244 g/mol. The number of carbonyl (C=O) groups is 1. The topological polar surface area (TPSA) is 59.6 Å². The normalized spacial score (nSPS) is 18.9. The van der Waals surface area contributed by atoms with Crippen LogP contribution in [0.2, 0.25) is 0 Å². The number of aryl methyl sites for hydroxylation is 1. The summed E-state index contributed by atoms with van der Waals surface area (Å²) in [5.41, 5.74) is 1.79. The van der Waals surface area contributed by atoms with Crippen LogP contribution in [-0.4, -0.2) is 38.8 Å². The minimum atomic E-state index is -0.00688. The summed E-state index contributed by atoms with van der Waals surface area (Å²) < 4.78 is 10.5. The summed E-state index contributed by atoms with van der Waals surface area (Å²) in [6.07, 6.45) is 0.422. The van der Waals surface area contributed by atoms with Gasteiger partial charge in [-0.15, -0.1) is 0 Å². The number of morpholine rings is 1. The van der Waals surface area contributed by atoms with Crippen molar-refractivity contribution in [3.05, 3.63) is 23.8 Å². The van der Waals surface area contributed by atoms with E-state index in [1.165, 1.54) is 0 Å². The van der Waals surface area contributed by atoms with E-state index in [0.717, 1.165) is 30.2 Å². The summed E-state index contributed by atoms with van der Waals surface area (Å²) in [6.45, 7) is 4.06. The minimum Gasteiger partial charge on any atom is -0.496 e. The lowest BCUT2D eigenvalue weighted by Crippen LogP contribution is -2.43. The number of carbonyl (C=O) groups excluding carboxylic acids is 1. The number of methoxy groups -OCH3 is 1. The number of nitrogens with one attached hydrogen (secondary N) is 2. The van der Waals surface area contributed by atoms with Crippen molar-refractivity contribution < 1.29 is 14.3 Å². The smallest absolute Gasteiger partial charge is 0.226 e. The van der Waals surface area contributed by atoms with Gasteiger partial charge in [-0.2, -0.15) is 0 Å². The third-order valence-corrected chi connectivity index (χ3v) is 3.11. The molecular formula is C14H20N2O3. The Bertz CT molecular complexity index is 442. The summed E-state index contributed by atoms with van der Waals surface area (Å²) in [6, 6.07) is 5.70. The molecule has 1 saturated heterocycles. The second kappa shape index (κ2) is 6.54. The lowest BCUT2D eigenvalue weighted by molar-refractivity contribution is -0.117. The molecule has 1 aliphatic heterocycles. The van der Waals surface area contributed by atoms with Gasteiger partial charge in [-0.1, -0.05) is 0 Å². The van der Waals surface area contributed by atoms with E-state index in [-0.39, 0.29) is 11.9 Å². The second-order valence-electron chi connectivity index (χ2n) is 4.66. The molecule has 1 aromatic rings. The van der Waals surface area contributed by atoms with Gasteiger partial charge in [0.2, 0.25) is 5.91 Å². The summed E-state index contributed by atoms with van der Waals surface area (Å²) in [7, 11) is 1.63. The molecule has 1 atom stereocenters. The maximum Gasteiger partial charge on any atom is 0.226 e. The van der Waals surface area contributed by atoms with E-state index in [2.05, 4.69) is 10.6 Å². The van der Waals surface area contributed by atoms with E-state index in [9.17, 15) is 4.79 Å². The number of amides is 1. The lowest BCUT2D eigenvalue weighted by atomic mass is 10.1. The molecule has 1 aromatic carbocycles. The fourth-order valence-electron chi connectivity index (χ4n) is 2.14. The Morgan fingerprint density at radius 3 is 3.05 bits per heavy atom. The molecule has 1 aliphatic rings. The predicted molar refractivity (Wildman–Crippen MR) is 73.6 cm³/mol. The van der Waals surface area contributed by atoms with Gasteiger partial charge in [0.05, 0.1) is 20.3 Å². The SMILES string of the molecule is COc1ccc(NC(=O)CC2COCCN2)cc1C. The molecule has 5 heteroatoms. The quantitative estimate of drug-likeness (QED) is 0.861. The number of rotatable bonds is 4. The molecule has 19 heavy (non-hydrogen) atoms. The lowest BCUT2D eigenvalue weighted by Gasteiger charge is -2.23. The molecule has 0 spiro atoms. The van der Waals surface area contributed by atoms with Gasteiger partial charge in [-0.05, 0) is 30.7 Å². The van der Waals surface area contributed by atoms with Gasteiger partial charge in [-0.25, -0.2) is 0 Å². The van der Waals surface area contributed by atoms with Crippen LogP contribution in [0.25, 0.3) is 0 Å². The number of hydrogen-bond donors (Lipinski definition) is 2. The Hall–Kier alpha value is -1.59. The molecule has 0 aliphatic carbocycles. The Kier molecular flexibility index (Phi) is 4.76. The van der Waals surface area contributed by atoms with Crippen molar-refractivity contribution in [2.45, 2.75) is 19.4 Å². The zero-order valence-electron chi connectivity index (χ0n) is 11.4. The molecule has 2 N–H and O–H groups in total. The summed E-state index contributed by atoms with van der Waals surface area (Å²) >= 11 is 0. The molecule has 0 bridgehead atoms. The molecule has 1 fully saturated rings. The molecule has 1 amide bonds. The van der Waals surface area contributed by atoms with Crippen LogP contribution < -0.4 is 15.4 Å². The van der Waals surface area contributed by atoms with Crippen molar-refractivity contribution in [3.63, 3.8) is 0 Å². The van der Waals surface area contributed by atoms with E-state index in [1.54, 1.807) is 7.11 Å². The first-order valence-electron chi connectivity index (χ1n) is 6.44. The minimum absolute atomic E-state index is 0.00688. The average molecular weight is 264 g/mol. The van der Waals surface area contributed by atoms with E-state index in [0.29, 0.717) is 13.0 Å². The highest BCUT2D eigenvalue weighted by molar-refractivity contribution is 5.91. The van der Waals surface area contributed by atoms with Crippen LogP contribution >= 0.6 is 0 Å². The Balaban J connectivity index is 1.89. The van der Waals surface area contributed by atoms with Gasteiger partial charge in [-0.3, -0.25) is 4.79 Å². The van der Waals surface area contributed by atoms with Crippen molar-refractivity contribution in [2.24, 2.45) is 0 Å². The van der Waals surface area contributed by atoms with Crippen LogP contribution in [0.4, 0.5) is 5.69 Å². The van der Waals surface area contributed by atoms with Crippen LogP contribution in [0, 0.1) is 6.92 Å². The van der Waals surface area contributed by atoms with E-state index < -0.39 is 0 Å². The first-order valence-corrected chi connectivity index (χ1v) is 6.44. The molecule has 0 saturated carbocycles. The molecule has 0 radical (unpaired) electrons. The second-order valence-corrected chi connectivity index (χ2v) is 4.66. The Morgan fingerprint density at radius 1 is 1.58 bits per heavy atom. The maximum atomic E-state index is 11.9. The van der Waals surface area contributed by atoms with Crippen LogP contribution in [0.5, 0.6) is 5.75 Å². The van der Waals surface area contributed by atoms with Gasteiger partial charge in [0.1, 0.15) is 5.75 Å². The number of benzene rings is 1. The van der Waals surface area contributed by atoms with Crippen LogP contribution in [0.15, 0.2) is 18.2 Å². The third kappa shape index (κ3) is 3.94. The highest BCUT2D eigenvalue weighted by Gasteiger charge is 2.16. The molecule has 5 nitrogen and oxygen atoms in total. The van der Waals surface area contributed by atoms with E-state index in [4.69, 9.17) is 9.47 Å². The first kappa shape index (κ1) is 13.8. The summed E-state index contributed by atoms with van der Waals surface area (Å²) in [5.74, 6) is 0.813. The zero-order chi connectivity index (χ0) is 13.7. The van der Waals surface area contributed by atoms with Gasteiger partial charge in [0.25, 0.3) is 0 Å². The Morgan fingerprint density at radius 2 is 2.42 bits per heavy atom. The average Bonchev–Trinajstić information content (AvgIpc) is 2.40. The number of ether oxygens (including phenoxy) is 2. The fourth-order valence-corrected chi connectivity index (χ4v) is 2.14. The standard InChI is InChI=1S/C14H20N2O3/c1-10-7-11(3-4-13(10)18-2)16-14(17)8-12-9-19-6-5-15-12/h3-4,7,12,15H,5-6,8-9H2,1-2H3,(H,16,17). The van der Waals surface area contributed by atoms with Gasteiger partial charge in [0, 0.05) is 24.7 Å². The van der Waals surface area contributed by atoms with Crippen LogP contribution in [0.1, 0.15) is 12.0 Å². The highest BCUT2D eigenvalue weighted by atomic mass is 16.5. The summed E-state index contributed by atoms with van der Waals surface area (Å²) in [5, 5.41) is 6.15. The molecule has 0 aromatic heterocycles. The van der Waals surface area contributed by atoms with Gasteiger partial charge < -0.3 is 20.1 Å². The van der Waals surface area contributed by atoms with Crippen molar-refractivity contribution in [2.75, 3.05) is 32.2 Å². The van der Waals surface area contributed by atoms with Crippen molar-refractivity contribution >= 4 is 11.6 Å². The predicted octanol–water partition coefficient (Wildman–Crippen LogP) is 1.32. The molecule has 1 unspecified atom stereocenters. The van der Waals surface area contributed by atoms with Crippen molar-refractivity contribution in [3.8, 4) is 5.75 Å². The zero-order valence-corrected chi connectivity index (χ0v) is 11.4. The maximum absolute atomic E-state index is 11.9. The molecule has 2 rings (SSSR count). The Labute approximate surface area is 113 Å². The van der Waals surface area contributed by atoms with Crippen LogP contribution in [0.3, 0.4) is 0 Å². The van der Waals surface area contributed by atoms with Gasteiger partial charge in [0.15, 0.2) is 0 Å². The monoisotopic (exact) mass is 264 g/mol. The number of hydrogen-bond acceptors (Lipinski definition) is 4. The largest absolute Gasteiger partial charge is 0.496 e. The molecule has 104 valence electrons. The van der Waals surface area contributed by atoms with Crippen LogP contribution in [-0.2, 0) is 9.53 Å². The fraction of sp³-hybridized carbons (Fsp3) is 0.500. The first-order chi connectivity index (χ1) is 9.19. The third-order valence-electron chi connectivity index (χ3n) is 3.11.